The SMILES string of the molecule is CCCN1CC(=O)N(CCCNCC)CC1=O. The molecule has 0 unspecified atom stereocenters. The first kappa shape index (κ1) is 14.0. The molecule has 0 atom stereocenters. The Morgan fingerprint density at radius 2 is 1.65 bits per heavy atom. The fourth-order valence-corrected chi connectivity index (χ4v) is 1.95. The van der Waals surface area contributed by atoms with Crippen molar-refractivity contribution in [2.24, 2.45) is 0 Å². The molecule has 1 fully saturated rings. The highest BCUT2D eigenvalue weighted by Crippen LogP contribution is 2.06. The van der Waals surface area contributed by atoms with E-state index in [4.69, 9.17) is 0 Å². The molecule has 2 amide bonds. The molecule has 0 aromatic rings. The highest BCUT2D eigenvalue weighted by Gasteiger charge is 2.28. The smallest absolute Gasteiger partial charge is 0.242 e. The van der Waals surface area contributed by atoms with Crippen molar-refractivity contribution in [3.8, 4) is 0 Å². The third-order valence-corrected chi connectivity index (χ3v) is 2.88. The van der Waals surface area contributed by atoms with E-state index in [2.05, 4.69) is 12.2 Å². The first-order valence-electron chi connectivity index (χ1n) is 6.45. The van der Waals surface area contributed by atoms with Crippen molar-refractivity contribution in [3.05, 3.63) is 0 Å². The molecular weight excluding hydrogens is 218 g/mol. The molecule has 1 aliphatic rings. The number of piperazine rings is 1. The van der Waals surface area contributed by atoms with Gasteiger partial charge in [-0.05, 0) is 25.9 Å². The Kier molecular flexibility index (Phi) is 5.97. The van der Waals surface area contributed by atoms with Gasteiger partial charge in [-0.1, -0.05) is 13.8 Å². The molecule has 1 heterocycles. The van der Waals surface area contributed by atoms with Gasteiger partial charge in [0, 0.05) is 13.1 Å². The molecule has 1 saturated heterocycles. The van der Waals surface area contributed by atoms with Gasteiger partial charge >= 0.3 is 0 Å². The summed E-state index contributed by atoms with van der Waals surface area (Å²) in [7, 11) is 0. The maximum atomic E-state index is 11.8. The van der Waals surface area contributed by atoms with Gasteiger partial charge in [0.05, 0.1) is 13.1 Å². The zero-order valence-corrected chi connectivity index (χ0v) is 10.9. The van der Waals surface area contributed by atoms with E-state index in [9.17, 15) is 9.59 Å². The van der Waals surface area contributed by atoms with Gasteiger partial charge in [-0.15, -0.1) is 0 Å². The summed E-state index contributed by atoms with van der Waals surface area (Å²) in [6.07, 6.45) is 1.81. The average Bonchev–Trinajstić information content (AvgIpc) is 2.30. The summed E-state index contributed by atoms with van der Waals surface area (Å²) >= 11 is 0. The normalized spacial score (nSPS) is 16.8. The number of hydrogen-bond donors (Lipinski definition) is 1. The predicted molar refractivity (Wildman–Crippen MR) is 66.6 cm³/mol. The molecular formula is C12H23N3O2. The van der Waals surface area contributed by atoms with Gasteiger partial charge in [0.1, 0.15) is 0 Å². The Labute approximate surface area is 103 Å². The van der Waals surface area contributed by atoms with Crippen molar-refractivity contribution >= 4 is 11.8 Å². The number of nitrogens with zero attached hydrogens (tertiary/aromatic N) is 2. The van der Waals surface area contributed by atoms with E-state index in [0.29, 0.717) is 13.1 Å². The minimum Gasteiger partial charge on any atom is -0.332 e. The molecule has 0 aromatic carbocycles. The molecule has 1 rings (SSSR count). The molecule has 0 aromatic heterocycles. The van der Waals surface area contributed by atoms with E-state index in [1.807, 2.05) is 6.92 Å². The van der Waals surface area contributed by atoms with Crippen molar-refractivity contribution < 1.29 is 9.59 Å². The minimum atomic E-state index is 0.0783. The molecule has 0 bridgehead atoms. The Balaban J connectivity index is 2.33. The molecule has 1 aliphatic heterocycles. The molecule has 0 saturated carbocycles. The topological polar surface area (TPSA) is 52.7 Å². The van der Waals surface area contributed by atoms with Crippen LogP contribution in [0.5, 0.6) is 0 Å². The lowest BCUT2D eigenvalue weighted by Crippen LogP contribution is -2.54. The maximum Gasteiger partial charge on any atom is 0.242 e. The summed E-state index contributed by atoms with van der Waals surface area (Å²) in [5.74, 6) is 0.157. The van der Waals surface area contributed by atoms with Gasteiger partial charge in [0.25, 0.3) is 0 Å². The lowest BCUT2D eigenvalue weighted by molar-refractivity contribution is -0.150. The predicted octanol–water partition coefficient (Wildman–Crippen LogP) is 0.0668. The second-order valence-corrected chi connectivity index (χ2v) is 4.34. The monoisotopic (exact) mass is 241 g/mol. The molecule has 0 radical (unpaired) electrons. The first-order valence-corrected chi connectivity index (χ1v) is 6.45. The van der Waals surface area contributed by atoms with Crippen molar-refractivity contribution in [3.63, 3.8) is 0 Å². The van der Waals surface area contributed by atoms with Crippen LogP contribution in [0.3, 0.4) is 0 Å². The highest BCUT2D eigenvalue weighted by molar-refractivity contribution is 5.92. The third-order valence-electron chi connectivity index (χ3n) is 2.88. The van der Waals surface area contributed by atoms with Crippen LogP contribution in [0.15, 0.2) is 0 Å². The molecule has 0 spiro atoms. The van der Waals surface area contributed by atoms with Crippen molar-refractivity contribution in [1.29, 1.82) is 0 Å². The van der Waals surface area contributed by atoms with Crippen LogP contribution in [0.1, 0.15) is 26.7 Å². The fraction of sp³-hybridized carbons (Fsp3) is 0.833. The van der Waals surface area contributed by atoms with E-state index in [0.717, 1.165) is 25.9 Å². The molecule has 17 heavy (non-hydrogen) atoms. The van der Waals surface area contributed by atoms with Gasteiger partial charge in [-0.25, -0.2) is 0 Å². The van der Waals surface area contributed by atoms with Crippen LogP contribution in [0.2, 0.25) is 0 Å². The minimum absolute atomic E-state index is 0.0783. The Morgan fingerprint density at radius 3 is 2.18 bits per heavy atom. The summed E-state index contributed by atoms with van der Waals surface area (Å²) in [5.41, 5.74) is 0. The van der Waals surface area contributed by atoms with Gasteiger partial charge < -0.3 is 15.1 Å². The average molecular weight is 241 g/mol. The molecule has 5 heteroatoms. The summed E-state index contributed by atoms with van der Waals surface area (Å²) < 4.78 is 0. The quantitative estimate of drug-likeness (QED) is 0.642. The Morgan fingerprint density at radius 1 is 1.06 bits per heavy atom. The summed E-state index contributed by atoms with van der Waals surface area (Å²) in [6, 6.07) is 0. The van der Waals surface area contributed by atoms with Crippen molar-refractivity contribution in [2.75, 3.05) is 39.3 Å². The Bertz CT molecular complexity index is 268. The number of hydrogen-bond acceptors (Lipinski definition) is 3. The molecule has 98 valence electrons. The van der Waals surface area contributed by atoms with Crippen LogP contribution >= 0.6 is 0 Å². The largest absolute Gasteiger partial charge is 0.332 e. The summed E-state index contributed by atoms with van der Waals surface area (Å²) in [5, 5.41) is 3.21. The van der Waals surface area contributed by atoms with Gasteiger partial charge in [-0.2, -0.15) is 0 Å². The first-order chi connectivity index (χ1) is 8.19. The van der Waals surface area contributed by atoms with Crippen LogP contribution in [0.4, 0.5) is 0 Å². The van der Waals surface area contributed by atoms with Crippen LogP contribution < -0.4 is 5.32 Å². The van der Waals surface area contributed by atoms with Crippen molar-refractivity contribution in [1.82, 2.24) is 15.1 Å². The van der Waals surface area contributed by atoms with Crippen molar-refractivity contribution in [2.45, 2.75) is 26.7 Å². The van der Waals surface area contributed by atoms with E-state index < -0.39 is 0 Å². The van der Waals surface area contributed by atoms with E-state index in [1.54, 1.807) is 9.80 Å². The summed E-state index contributed by atoms with van der Waals surface area (Å²) in [6.45, 7) is 7.79. The number of rotatable bonds is 7. The van der Waals surface area contributed by atoms with Crippen LogP contribution in [0.25, 0.3) is 0 Å². The summed E-state index contributed by atoms with van der Waals surface area (Å²) in [4.78, 5) is 26.9. The van der Waals surface area contributed by atoms with Gasteiger partial charge in [-0.3, -0.25) is 9.59 Å². The highest BCUT2D eigenvalue weighted by atomic mass is 16.2. The standard InChI is InChI=1S/C12H23N3O2/c1-3-7-14-9-12(17)15(10-11(14)16)8-5-6-13-4-2/h13H,3-10H2,1-2H3. The zero-order chi connectivity index (χ0) is 12.7. The molecule has 0 aliphatic carbocycles. The van der Waals surface area contributed by atoms with Gasteiger partial charge in [0.2, 0.25) is 11.8 Å². The number of carbonyl (C=O) groups excluding carboxylic acids is 2. The van der Waals surface area contributed by atoms with E-state index in [-0.39, 0.29) is 24.9 Å². The molecule has 1 N–H and O–H groups in total. The lowest BCUT2D eigenvalue weighted by atomic mass is 10.2. The van der Waals surface area contributed by atoms with Crippen LogP contribution in [-0.4, -0.2) is 60.9 Å². The van der Waals surface area contributed by atoms with E-state index >= 15 is 0 Å². The van der Waals surface area contributed by atoms with Crippen LogP contribution in [0, 0.1) is 0 Å². The maximum absolute atomic E-state index is 11.8. The second-order valence-electron chi connectivity index (χ2n) is 4.34. The Hall–Kier alpha value is -1.10. The van der Waals surface area contributed by atoms with Gasteiger partial charge in [0.15, 0.2) is 0 Å². The van der Waals surface area contributed by atoms with Crippen LogP contribution in [-0.2, 0) is 9.59 Å². The lowest BCUT2D eigenvalue weighted by Gasteiger charge is -2.33. The molecule has 5 nitrogen and oxygen atoms in total. The zero-order valence-electron chi connectivity index (χ0n) is 10.9. The number of amides is 2. The third kappa shape index (κ3) is 4.34. The number of carbonyl (C=O) groups is 2. The fourth-order valence-electron chi connectivity index (χ4n) is 1.95. The number of nitrogens with one attached hydrogen (secondary N) is 1. The second kappa shape index (κ2) is 7.27. The van der Waals surface area contributed by atoms with E-state index in [1.165, 1.54) is 0 Å².